The minimum Gasteiger partial charge on any atom is -0.506 e. The lowest BCUT2D eigenvalue weighted by molar-refractivity contribution is 0.478. The Labute approximate surface area is 106 Å². The summed E-state index contributed by atoms with van der Waals surface area (Å²) in [6.07, 6.45) is 0. The number of hydrogen-bond donors (Lipinski definition) is 2. The van der Waals surface area contributed by atoms with Crippen LogP contribution in [0.3, 0.4) is 0 Å². The van der Waals surface area contributed by atoms with Gasteiger partial charge in [0, 0.05) is 17.3 Å². The zero-order valence-electron chi connectivity index (χ0n) is 9.80. The molecule has 0 saturated heterocycles. The van der Waals surface area contributed by atoms with Crippen LogP contribution in [0.5, 0.6) is 5.75 Å². The van der Waals surface area contributed by atoms with Crippen LogP contribution >= 0.6 is 0 Å². The first kappa shape index (κ1) is 10.7. The second kappa shape index (κ2) is 4.41. The summed E-state index contributed by atoms with van der Waals surface area (Å²) in [6.45, 7) is 0. The fourth-order valence-electron chi connectivity index (χ4n) is 2.04. The molecule has 0 bridgehead atoms. The molecule has 2 nitrogen and oxygen atoms in total. The number of hydrogen-bond acceptors (Lipinski definition) is 1. The van der Waals surface area contributed by atoms with Gasteiger partial charge in [-0.3, -0.25) is 0 Å². The van der Waals surface area contributed by atoms with Gasteiger partial charge in [0.2, 0.25) is 0 Å². The van der Waals surface area contributed by atoms with E-state index in [0.29, 0.717) is 0 Å². The molecule has 88 valence electrons. The maximum Gasteiger partial charge on any atom is 0.141 e. The second-order valence-corrected chi connectivity index (χ2v) is 4.18. The first-order valence-electron chi connectivity index (χ1n) is 5.87. The molecule has 3 rings (SSSR count). The summed E-state index contributed by atoms with van der Waals surface area (Å²) in [6, 6.07) is 21.5. The van der Waals surface area contributed by atoms with Crippen molar-refractivity contribution in [2.45, 2.75) is 0 Å². The number of benzene rings is 2. The number of H-pyrrole nitrogens is 1. The van der Waals surface area contributed by atoms with Crippen LogP contribution in [0.2, 0.25) is 0 Å². The van der Waals surface area contributed by atoms with Crippen molar-refractivity contribution < 1.29 is 5.11 Å². The van der Waals surface area contributed by atoms with Crippen molar-refractivity contribution >= 4 is 0 Å². The van der Waals surface area contributed by atoms with Gasteiger partial charge in [-0.05, 0) is 5.56 Å². The Bertz CT molecular complexity index is 641. The van der Waals surface area contributed by atoms with E-state index in [2.05, 4.69) is 4.98 Å². The number of nitrogens with one attached hydrogen (secondary N) is 1. The third kappa shape index (κ3) is 1.89. The molecule has 0 aliphatic rings. The molecule has 2 heteroatoms. The maximum atomic E-state index is 10.0. The van der Waals surface area contributed by atoms with Crippen LogP contribution in [-0.2, 0) is 0 Å². The summed E-state index contributed by atoms with van der Waals surface area (Å²) in [5.74, 6) is 0.278. The van der Waals surface area contributed by atoms with E-state index in [4.69, 9.17) is 0 Å². The van der Waals surface area contributed by atoms with Gasteiger partial charge in [0.1, 0.15) is 5.75 Å². The lowest BCUT2D eigenvalue weighted by Gasteiger charge is -1.99. The summed E-state index contributed by atoms with van der Waals surface area (Å²) in [5.41, 5.74) is 3.73. The minimum atomic E-state index is 0.278. The highest BCUT2D eigenvalue weighted by molar-refractivity contribution is 5.73. The zero-order valence-corrected chi connectivity index (χ0v) is 9.80. The zero-order chi connectivity index (χ0) is 12.4. The molecular formula is C16H13NO. The van der Waals surface area contributed by atoms with E-state index < -0.39 is 0 Å². The average Bonchev–Trinajstić information content (AvgIpc) is 2.83. The first-order valence-corrected chi connectivity index (χ1v) is 5.87. The second-order valence-electron chi connectivity index (χ2n) is 4.18. The lowest BCUT2D eigenvalue weighted by atomic mass is 10.1. The van der Waals surface area contributed by atoms with Crippen molar-refractivity contribution in [2.24, 2.45) is 0 Å². The van der Waals surface area contributed by atoms with Gasteiger partial charge in [-0.25, -0.2) is 0 Å². The molecule has 0 fully saturated rings. The van der Waals surface area contributed by atoms with Crippen LogP contribution < -0.4 is 0 Å². The van der Waals surface area contributed by atoms with Gasteiger partial charge >= 0.3 is 0 Å². The van der Waals surface area contributed by atoms with E-state index >= 15 is 0 Å². The average molecular weight is 235 g/mol. The SMILES string of the molecule is Oc1cc(-c2ccccc2)[nH]c1-c1ccccc1. The Morgan fingerprint density at radius 2 is 1.28 bits per heavy atom. The van der Waals surface area contributed by atoms with Gasteiger partial charge in [0.15, 0.2) is 0 Å². The van der Waals surface area contributed by atoms with Gasteiger partial charge < -0.3 is 10.1 Å². The molecule has 0 saturated carbocycles. The van der Waals surface area contributed by atoms with Crippen LogP contribution in [0, 0.1) is 0 Å². The Balaban J connectivity index is 2.07. The van der Waals surface area contributed by atoms with Gasteiger partial charge in [-0.15, -0.1) is 0 Å². The van der Waals surface area contributed by atoms with Crippen LogP contribution in [-0.4, -0.2) is 10.1 Å². The van der Waals surface area contributed by atoms with E-state index in [1.54, 1.807) is 6.07 Å². The lowest BCUT2D eigenvalue weighted by Crippen LogP contribution is -1.79. The predicted octanol–water partition coefficient (Wildman–Crippen LogP) is 4.05. The van der Waals surface area contributed by atoms with E-state index in [9.17, 15) is 5.11 Å². The molecule has 0 aliphatic carbocycles. The monoisotopic (exact) mass is 235 g/mol. The molecule has 1 aromatic heterocycles. The van der Waals surface area contributed by atoms with Crippen LogP contribution in [0.25, 0.3) is 22.5 Å². The van der Waals surface area contributed by atoms with Crippen molar-refractivity contribution in [3.8, 4) is 28.3 Å². The van der Waals surface area contributed by atoms with Gasteiger partial charge in [-0.2, -0.15) is 0 Å². The first-order chi connectivity index (χ1) is 8.84. The smallest absolute Gasteiger partial charge is 0.141 e. The third-order valence-electron chi connectivity index (χ3n) is 2.94. The van der Waals surface area contributed by atoms with Crippen LogP contribution in [0.4, 0.5) is 0 Å². The highest BCUT2D eigenvalue weighted by Gasteiger charge is 2.09. The molecule has 0 atom stereocenters. The molecule has 0 amide bonds. The largest absolute Gasteiger partial charge is 0.506 e. The van der Waals surface area contributed by atoms with Gasteiger partial charge in [0.05, 0.1) is 5.69 Å². The molecule has 3 aromatic rings. The number of rotatable bonds is 2. The Morgan fingerprint density at radius 1 is 0.722 bits per heavy atom. The summed E-state index contributed by atoms with van der Waals surface area (Å²) in [7, 11) is 0. The summed E-state index contributed by atoms with van der Waals surface area (Å²) in [5, 5.41) is 10.0. The van der Waals surface area contributed by atoms with Gasteiger partial charge in [-0.1, -0.05) is 60.7 Å². The quantitative estimate of drug-likeness (QED) is 0.690. The molecule has 1 heterocycles. The fraction of sp³-hybridized carbons (Fsp3) is 0. The number of aromatic hydroxyl groups is 1. The number of aromatic amines is 1. The minimum absolute atomic E-state index is 0.278. The third-order valence-corrected chi connectivity index (χ3v) is 2.94. The topological polar surface area (TPSA) is 36.0 Å². The Hall–Kier alpha value is -2.48. The molecule has 0 radical (unpaired) electrons. The summed E-state index contributed by atoms with van der Waals surface area (Å²) in [4.78, 5) is 3.26. The standard InChI is InChI=1S/C16H13NO/c18-15-11-14(12-7-3-1-4-8-12)17-16(15)13-9-5-2-6-10-13/h1-11,17-18H. The molecule has 2 N–H and O–H groups in total. The van der Waals surface area contributed by atoms with E-state index in [-0.39, 0.29) is 5.75 Å². The van der Waals surface area contributed by atoms with Crippen LogP contribution in [0.15, 0.2) is 66.7 Å². The Morgan fingerprint density at radius 3 is 1.89 bits per heavy atom. The van der Waals surface area contributed by atoms with Crippen molar-refractivity contribution in [1.82, 2.24) is 4.98 Å². The maximum absolute atomic E-state index is 10.0. The fourth-order valence-corrected chi connectivity index (χ4v) is 2.04. The van der Waals surface area contributed by atoms with Crippen molar-refractivity contribution in [1.29, 1.82) is 0 Å². The molecule has 0 spiro atoms. The molecular weight excluding hydrogens is 222 g/mol. The van der Waals surface area contributed by atoms with Gasteiger partial charge in [0.25, 0.3) is 0 Å². The highest BCUT2D eigenvalue weighted by Crippen LogP contribution is 2.33. The highest BCUT2D eigenvalue weighted by atomic mass is 16.3. The van der Waals surface area contributed by atoms with Crippen molar-refractivity contribution in [3.63, 3.8) is 0 Å². The predicted molar refractivity (Wildman–Crippen MR) is 73.3 cm³/mol. The summed E-state index contributed by atoms with van der Waals surface area (Å²) < 4.78 is 0. The normalized spacial score (nSPS) is 10.4. The van der Waals surface area contributed by atoms with E-state index in [1.165, 1.54) is 0 Å². The van der Waals surface area contributed by atoms with Crippen molar-refractivity contribution in [3.05, 3.63) is 66.7 Å². The van der Waals surface area contributed by atoms with Crippen molar-refractivity contribution in [2.75, 3.05) is 0 Å². The van der Waals surface area contributed by atoms with Crippen LogP contribution in [0.1, 0.15) is 0 Å². The number of aromatic nitrogens is 1. The van der Waals surface area contributed by atoms with E-state index in [0.717, 1.165) is 22.5 Å². The molecule has 18 heavy (non-hydrogen) atoms. The summed E-state index contributed by atoms with van der Waals surface area (Å²) >= 11 is 0. The molecule has 0 aliphatic heterocycles. The Kier molecular flexibility index (Phi) is 2.61. The molecule has 0 unspecified atom stereocenters. The molecule has 2 aromatic carbocycles. The van der Waals surface area contributed by atoms with E-state index in [1.807, 2.05) is 60.7 Å².